The zero-order valence-electron chi connectivity index (χ0n) is 17.0. The quantitative estimate of drug-likeness (QED) is 0.580. The van der Waals surface area contributed by atoms with Crippen LogP contribution >= 0.6 is 0 Å². The van der Waals surface area contributed by atoms with Gasteiger partial charge < -0.3 is 19.5 Å². The highest BCUT2D eigenvalue weighted by atomic mass is 16.5. The summed E-state index contributed by atoms with van der Waals surface area (Å²) in [4.78, 5) is 26.6. The number of benzene rings is 3. The summed E-state index contributed by atoms with van der Waals surface area (Å²) < 4.78 is 11.2. The van der Waals surface area contributed by atoms with Crippen LogP contribution in [0.2, 0.25) is 0 Å². The summed E-state index contributed by atoms with van der Waals surface area (Å²) in [7, 11) is 1.47. The molecule has 7 nitrogen and oxygen atoms in total. The molecule has 0 spiro atoms. The van der Waals surface area contributed by atoms with Gasteiger partial charge in [-0.1, -0.05) is 48.5 Å². The fourth-order valence-electron chi connectivity index (χ4n) is 3.82. The van der Waals surface area contributed by atoms with Gasteiger partial charge in [0, 0.05) is 11.8 Å². The number of ether oxygens (including phenoxy) is 2. The largest absolute Gasteiger partial charge is 0.493 e. The molecular formula is C24H22N2O5. The Morgan fingerprint density at radius 2 is 1.84 bits per heavy atom. The number of nitrogens with zero attached hydrogens (tertiary/aromatic N) is 2. The first-order chi connectivity index (χ1) is 15.2. The van der Waals surface area contributed by atoms with Crippen molar-refractivity contribution in [3.8, 4) is 11.5 Å². The van der Waals surface area contributed by atoms with Crippen molar-refractivity contribution >= 4 is 17.3 Å². The van der Waals surface area contributed by atoms with Crippen molar-refractivity contribution in [3.05, 3.63) is 88.3 Å². The van der Waals surface area contributed by atoms with Crippen LogP contribution in [0, 0.1) is 4.91 Å². The van der Waals surface area contributed by atoms with Gasteiger partial charge in [0.05, 0.1) is 25.3 Å². The van der Waals surface area contributed by atoms with Gasteiger partial charge in [-0.25, -0.2) is 0 Å². The number of carbonyl (C=O) groups is 1. The van der Waals surface area contributed by atoms with Crippen LogP contribution < -0.4 is 14.4 Å². The molecule has 31 heavy (non-hydrogen) atoms. The van der Waals surface area contributed by atoms with Crippen molar-refractivity contribution in [2.24, 2.45) is 5.18 Å². The van der Waals surface area contributed by atoms with Crippen molar-refractivity contribution in [1.29, 1.82) is 0 Å². The number of nitroso groups, excluding NO2 is 1. The fourth-order valence-corrected chi connectivity index (χ4v) is 3.82. The predicted octanol–water partition coefficient (Wildman–Crippen LogP) is 4.24. The van der Waals surface area contributed by atoms with E-state index in [9.17, 15) is 14.8 Å². The summed E-state index contributed by atoms with van der Waals surface area (Å²) >= 11 is 0. The van der Waals surface area contributed by atoms with Gasteiger partial charge in [0.2, 0.25) is 0 Å². The molecule has 1 heterocycles. The molecule has 0 unspecified atom stereocenters. The third-order valence-electron chi connectivity index (χ3n) is 5.35. The Hall–Kier alpha value is -3.71. The van der Waals surface area contributed by atoms with Crippen LogP contribution in [0.4, 0.5) is 11.4 Å². The van der Waals surface area contributed by atoms with E-state index in [0.29, 0.717) is 23.6 Å². The maximum absolute atomic E-state index is 13.4. The van der Waals surface area contributed by atoms with Gasteiger partial charge in [-0.05, 0) is 34.9 Å². The maximum Gasteiger partial charge on any atom is 0.261 e. The molecule has 0 fully saturated rings. The highest BCUT2D eigenvalue weighted by Crippen LogP contribution is 2.39. The van der Waals surface area contributed by atoms with Crippen molar-refractivity contribution in [2.45, 2.75) is 19.1 Å². The normalized spacial score (nSPS) is 14.8. The monoisotopic (exact) mass is 418 g/mol. The van der Waals surface area contributed by atoms with Crippen molar-refractivity contribution < 1.29 is 19.4 Å². The highest BCUT2D eigenvalue weighted by Gasteiger charge is 2.35. The molecule has 0 radical (unpaired) electrons. The van der Waals surface area contributed by atoms with Gasteiger partial charge in [-0.2, -0.15) is 0 Å². The van der Waals surface area contributed by atoms with E-state index in [1.807, 2.05) is 54.6 Å². The van der Waals surface area contributed by atoms with E-state index in [4.69, 9.17) is 9.47 Å². The first-order valence-electron chi connectivity index (χ1n) is 9.90. The van der Waals surface area contributed by atoms with E-state index in [2.05, 4.69) is 5.18 Å². The second-order valence-electron chi connectivity index (χ2n) is 7.23. The van der Waals surface area contributed by atoms with Crippen LogP contribution in [0.15, 0.2) is 71.9 Å². The summed E-state index contributed by atoms with van der Waals surface area (Å²) in [6.07, 6.45) is 0.539. The Morgan fingerprint density at radius 3 is 2.55 bits per heavy atom. The average Bonchev–Trinajstić information content (AvgIpc) is 3.21. The second-order valence-corrected chi connectivity index (χ2v) is 7.23. The molecule has 0 aromatic heterocycles. The average molecular weight is 418 g/mol. The van der Waals surface area contributed by atoms with E-state index < -0.39 is 11.9 Å². The standard InChI is InChI=1S/C24H22N2O5/c1-30-22-12-19(20(25-29)13-23(22)31-15-16-7-3-2-4-8-16)24(28)26-18(14-27)11-17-9-5-6-10-21(17)26/h2-10,12-13,18,27H,11,14-15H2,1H3/t18-/m0/s1. The molecule has 7 heteroatoms. The molecule has 1 amide bonds. The van der Waals surface area contributed by atoms with E-state index >= 15 is 0 Å². The molecule has 3 aromatic rings. The van der Waals surface area contributed by atoms with Crippen LogP contribution in [0.3, 0.4) is 0 Å². The minimum atomic E-state index is -0.425. The molecule has 1 N–H and O–H groups in total. The highest BCUT2D eigenvalue weighted by molar-refractivity contribution is 6.11. The van der Waals surface area contributed by atoms with Gasteiger partial charge in [0.25, 0.3) is 5.91 Å². The molecular weight excluding hydrogens is 396 g/mol. The van der Waals surface area contributed by atoms with Crippen LogP contribution in [0.25, 0.3) is 0 Å². The SMILES string of the molecule is COc1cc(C(=O)N2c3ccccc3C[C@H]2CO)c(N=O)cc1OCc1ccccc1. The Bertz CT molecular complexity index is 1100. The molecule has 1 aliphatic rings. The van der Waals surface area contributed by atoms with Gasteiger partial charge in [-0.15, -0.1) is 4.91 Å². The number of rotatable bonds is 7. The molecule has 3 aromatic carbocycles. The molecule has 158 valence electrons. The number of amides is 1. The number of hydrogen-bond donors (Lipinski definition) is 1. The van der Waals surface area contributed by atoms with Crippen LogP contribution in [0.1, 0.15) is 21.5 Å². The number of anilines is 1. The Morgan fingerprint density at radius 1 is 1.10 bits per heavy atom. The van der Waals surface area contributed by atoms with Gasteiger partial charge in [0.15, 0.2) is 11.5 Å². The minimum Gasteiger partial charge on any atom is -0.493 e. The minimum absolute atomic E-state index is 0.0464. The topological polar surface area (TPSA) is 88.4 Å². The third-order valence-corrected chi connectivity index (χ3v) is 5.35. The Labute approximate surface area is 179 Å². The lowest BCUT2D eigenvalue weighted by atomic mass is 10.1. The summed E-state index contributed by atoms with van der Waals surface area (Å²) in [5.41, 5.74) is 2.67. The fraction of sp³-hybridized carbons (Fsp3) is 0.208. The van der Waals surface area contributed by atoms with E-state index in [1.54, 1.807) is 0 Å². The van der Waals surface area contributed by atoms with Gasteiger partial charge >= 0.3 is 0 Å². The first-order valence-corrected chi connectivity index (χ1v) is 9.90. The van der Waals surface area contributed by atoms with E-state index in [0.717, 1.165) is 11.1 Å². The van der Waals surface area contributed by atoms with Crippen molar-refractivity contribution in [2.75, 3.05) is 18.6 Å². The van der Waals surface area contributed by atoms with Crippen LogP contribution in [0.5, 0.6) is 11.5 Å². The van der Waals surface area contributed by atoms with Crippen molar-refractivity contribution in [1.82, 2.24) is 0 Å². The van der Waals surface area contributed by atoms with Gasteiger partial charge in [0.1, 0.15) is 12.3 Å². The second kappa shape index (κ2) is 8.97. The zero-order chi connectivity index (χ0) is 21.8. The van der Waals surface area contributed by atoms with E-state index in [1.165, 1.54) is 24.1 Å². The van der Waals surface area contributed by atoms with Crippen LogP contribution in [-0.2, 0) is 13.0 Å². The van der Waals surface area contributed by atoms with E-state index in [-0.39, 0.29) is 24.5 Å². The summed E-state index contributed by atoms with van der Waals surface area (Å²) in [5.74, 6) is 0.212. The number of methoxy groups -OCH3 is 1. The Kier molecular flexibility index (Phi) is 5.95. The molecule has 1 aliphatic heterocycles. The smallest absolute Gasteiger partial charge is 0.261 e. The number of aliphatic hydroxyl groups excluding tert-OH is 1. The zero-order valence-corrected chi connectivity index (χ0v) is 17.0. The number of fused-ring (bicyclic) bond motifs is 1. The molecule has 1 atom stereocenters. The number of hydrogen-bond acceptors (Lipinski definition) is 6. The molecule has 0 bridgehead atoms. The summed E-state index contributed by atoms with van der Waals surface area (Å²) in [5, 5.41) is 12.9. The number of para-hydroxylation sites is 1. The predicted molar refractivity (Wildman–Crippen MR) is 117 cm³/mol. The lowest BCUT2D eigenvalue weighted by Gasteiger charge is -2.25. The maximum atomic E-state index is 13.4. The first kappa shape index (κ1) is 20.6. The third kappa shape index (κ3) is 4.00. The van der Waals surface area contributed by atoms with Crippen LogP contribution in [-0.4, -0.2) is 30.8 Å². The molecule has 0 aliphatic carbocycles. The molecule has 4 rings (SSSR count). The van der Waals surface area contributed by atoms with Gasteiger partial charge in [-0.3, -0.25) is 4.79 Å². The molecule has 0 saturated heterocycles. The summed E-state index contributed by atoms with van der Waals surface area (Å²) in [6, 6.07) is 19.5. The lowest BCUT2D eigenvalue weighted by Crippen LogP contribution is -2.40. The summed E-state index contributed by atoms with van der Waals surface area (Å²) in [6.45, 7) is 0.0779. The number of carbonyl (C=O) groups excluding carboxylic acids is 1. The number of aliphatic hydroxyl groups is 1. The van der Waals surface area contributed by atoms with Crippen molar-refractivity contribution in [3.63, 3.8) is 0 Å². The lowest BCUT2D eigenvalue weighted by molar-refractivity contribution is 0.0968. The molecule has 0 saturated carbocycles. The Balaban J connectivity index is 1.68.